The van der Waals surface area contributed by atoms with Gasteiger partial charge in [0.2, 0.25) is 5.91 Å². The van der Waals surface area contributed by atoms with Crippen LogP contribution in [-0.4, -0.2) is 36.0 Å². The van der Waals surface area contributed by atoms with Crippen LogP contribution < -0.4 is 5.32 Å². The molecule has 0 radical (unpaired) electrons. The number of rotatable bonds is 5. The van der Waals surface area contributed by atoms with Crippen molar-refractivity contribution in [2.75, 3.05) is 11.1 Å². The van der Waals surface area contributed by atoms with Gasteiger partial charge in [0.1, 0.15) is 5.82 Å². The van der Waals surface area contributed by atoms with E-state index in [-0.39, 0.29) is 33.5 Å². The normalized spacial score (nSPS) is 15.3. The molecule has 0 spiro atoms. The molecule has 0 saturated heterocycles. The van der Waals surface area contributed by atoms with Gasteiger partial charge in [0.05, 0.1) is 28.6 Å². The second kappa shape index (κ2) is 7.86. The van der Waals surface area contributed by atoms with Gasteiger partial charge in [-0.1, -0.05) is 36.2 Å². The van der Waals surface area contributed by atoms with Crippen LogP contribution in [0.4, 0.5) is 19.0 Å². The molecule has 29 heavy (non-hydrogen) atoms. The van der Waals surface area contributed by atoms with Crippen molar-refractivity contribution in [3.05, 3.63) is 35.1 Å². The van der Waals surface area contributed by atoms with Crippen LogP contribution in [0.5, 0.6) is 0 Å². The lowest BCUT2D eigenvalue weighted by molar-refractivity contribution is -0.137. The number of halogens is 4. The van der Waals surface area contributed by atoms with E-state index in [2.05, 4.69) is 20.6 Å². The van der Waals surface area contributed by atoms with Gasteiger partial charge in [0, 0.05) is 12.3 Å². The summed E-state index contributed by atoms with van der Waals surface area (Å²) >= 11 is 6.87. The number of nitrogens with zero attached hydrogens (tertiary/aromatic N) is 5. The monoisotopic (exact) mass is 444 g/mol. The quantitative estimate of drug-likeness (QED) is 0.588. The Kier molecular flexibility index (Phi) is 5.43. The average molecular weight is 445 g/mol. The second-order valence-corrected chi connectivity index (χ2v) is 8.04. The number of carbonyl (C=O) groups is 1. The molecule has 0 aliphatic heterocycles. The minimum Gasteiger partial charge on any atom is -0.310 e. The number of hydrogen-bond donors (Lipinski definition) is 1. The van der Waals surface area contributed by atoms with Gasteiger partial charge in [-0.15, -0.1) is 10.2 Å². The fraction of sp³-hybridized carbons (Fsp3) is 0.412. The van der Waals surface area contributed by atoms with Gasteiger partial charge in [0.25, 0.3) is 0 Å². The third-order valence-corrected chi connectivity index (χ3v) is 5.92. The van der Waals surface area contributed by atoms with Gasteiger partial charge >= 0.3 is 6.18 Å². The Morgan fingerprint density at radius 3 is 2.79 bits per heavy atom. The number of anilines is 1. The first-order chi connectivity index (χ1) is 13.8. The van der Waals surface area contributed by atoms with Crippen molar-refractivity contribution in [3.63, 3.8) is 0 Å². The van der Waals surface area contributed by atoms with Gasteiger partial charge in [-0.2, -0.15) is 18.3 Å². The van der Waals surface area contributed by atoms with E-state index in [9.17, 15) is 18.0 Å². The number of nitrogens with one attached hydrogen (secondary N) is 1. The summed E-state index contributed by atoms with van der Waals surface area (Å²) in [7, 11) is 0. The molecular formula is C17H16ClF3N6OS. The summed E-state index contributed by atoms with van der Waals surface area (Å²) in [5.74, 6) is 0.241. The van der Waals surface area contributed by atoms with Crippen LogP contribution in [0.1, 0.15) is 37.3 Å². The highest BCUT2D eigenvalue weighted by molar-refractivity contribution is 7.99. The van der Waals surface area contributed by atoms with Crippen LogP contribution in [0.2, 0.25) is 5.02 Å². The molecule has 12 heteroatoms. The van der Waals surface area contributed by atoms with Crippen LogP contribution >= 0.6 is 23.4 Å². The largest absolute Gasteiger partial charge is 0.417 e. The lowest BCUT2D eigenvalue weighted by Gasteiger charge is -2.14. The zero-order valence-corrected chi connectivity index (χ0v) is 16.6. The molecular weight excluding hydrogens is 429 g/mol. The minimum atomic E-state index is -4.56. The molecule has 154 valence electrons. The zero-order valence-electron chi connectivity index (χ0n) is 15.0. The number of fused-ring (bicyclic) bond motifs is 1. The smallest absolute Gasteiger partial charge is 0.310 e. The highest BCUT2D eigenvalue weighted by Crippen LogP contribution is 2.34. The lowest BCUT2D eigenvalue weighted by Crippen LogP contribution is -2.19. The van der Waals surface area contributed by atoms with E-state index >= 15 is 0 Å². The maximum absolute atomic E-state index is 13.0. The molecule has 1 aliphatic rings. The highest BCUT2D eigenvalue weighted by Gasteiger charge is 2.32. The fourth-order valence-corrected chi connectivity index (χ4v) is 4.30. The molecule has 1 amide bonds. The summed E-state index contributed by atoms with van der Waals surface area (Å²) in [6, 6.07) is 2.80. The molecule has 7 nitrogen and oxygen atoms in total. The molecule has 0 aromatic carbocycles. The topological polar surface area (TPSA) is 77.1 Å². The molecule has 0 bridgehead atoms. The number of thioether (sulfide) groups is 1. The number of carbonyl (C=O) groups excluding carboxylic acids is 1. The molecule has 4 rings (SSSR count). The summed E-state index contributed by atoms with van der Waals surface area (Å²) in [5.41, 5.74) is -0.816. The van der Waals surface area contributed by atoms with E-state index in [1.807, 2.05) is 4.68 Å². The zero-order chi connectivity index (χ0) is 20.6. The Hall–Kier alpha value is -2.27. The van der Waals surface area contributed by atoms with Crippen molar-refractivity contribution < 1.29 is 18.0 Å². The summed E-state index contributed by atoms with van der Waals surface area (Å²) in [6.45, 7) is 0. The maximum Gasteiger partial charge on any atom is 0.417 e. The molecule has 1 N–H and O–H groups in total. The van der Waals surface area contributed by atoms with Gasteiger partial charge in [0.15, 0.2) is 10.8 Å². The molecule has 0 atom stereocenters. The predicted octanol–water partition coefficient (Wildman–Crippen LogP) is 4.44. The maximum atomic E-state index is 13.0. The summed E-state index contributed by atoms with van der Waals surface area (Å²) in [6.07, 6.45) is 2.26. The third-order valence-electron chi connectivity index (χ3n) is 4.70. The van der Waals surface area contributed by atoms with Crippen LogP contribution in [-0.2, 0) is 11.0 Å². The lowest BCUT2D eigenvalue weighted by atomic mass is 10.2. The highest BCUT2D eigenvalue weighted by atomic mass is 35.5. The minimum absolute atomic E-state index is 0.0511. The summed E-state index contributed by atoms with van der Waals surface area (Å²) in [5, 5.41) is 14.7. The van der Waals surface area contributed by atoms with Crippen molar-refractivity contribution in [3.8, 4) is 0 Å². The number of pyridine rings is 1. The molecule has 3 aromatic heterocycles. The third kappa shape index (κ3) is 4.20. The predicted molar refractivity (Wildman–Crippen MR) is 102 cm³/mol. The van der Waals surface area contributed by atoms with Crippen LogP contribution in [0.15, 0.2) is 29.7 Å². The molecule has 3 aromatic rings. The Labute approximate surface area is 172 Å². The summed E-state index contributed by atoms with van der Waals surface area (Å²) < 4.78 is 42.1. The molecule has 1 fully saturated rings. The number of amides is 1. The van der Waals surface area contributed by atoms with Crippen LogP contribution in [0.25, 0.3) is 5.65 Å². The molecule has 3 heterocycles. The van der Waals surface area contributed by atoms with Crippen LogP contribution in [0, 0.1) is 0 Å². The first-order valence-electron chi connectivity index (χ1n) is 8.90. The van der Waals surface area contributed by atoms with E-state index in [4.69, 9.17) is 11.6 Å². The van der Waals surface area contributed by atoms with Gasteiger partial charge in [-0.05, 0) is 18.9 Å². The van der Waals surface area contributed by atoms with Crippen molar-refractivity contribution in [1.29, 1.82) is 0 Å². The Balaban J connectivity index is 1.47. The molecule has 1 aliphatic carbocycles. The Morgan fingerprint density at radius 1 is 1.31 bits per heavy atom. The molecule has 1 saturated carbocycles. The molecule has 0 unspecified atom stereocenters. The average Bonchev–Trinajstić information content (AvgIpc) is 3.39. The van der Waals surface area contributed by atoms with E-state index in [1.165, 1.54) is 0 Å². The second-order valence-electron chi connectivity index (χ2n) is 6.69. The number of aromatic nitrogens is 5. The van der Waals surface area contributed by atoms with Crippen molar-refractivity contribution in [2.24, 2.45) is 0 Å². The van der Waals surface area contributed by atoms with Crippen molar-refractivity contribution in [1.82, 2.24) is 24.4 Å². The number of alkyl halides is 3. The van der Waals surface area contributed by atoms with Gasteiger partial charge < -0.3 is 5.32 Å². The van der Waals surface area contributed by atoms with Crippen molar-refractivity contribution in [2.45, 2.75) is 43.1 Å². The number of hydrogen-bond acceptors (Lipinski definition) is 5. The summed E-state index contributed by atoms with van der Waals surface area (Å²) in [4.78, 5) is 12.4. The van der Waals surface area contributed by atoms with Crippen LogP contribution in [0.3, 0.4) is 0 Å². The Bertz CT molecular complexity index is 1040. The van der Waals surface area contributed by atoms with Crippen molar-refractivity contribution >= 4 is 40.7 Å². The standard InChI is InChI=1S/C17H16ClF3N6OS/c18-12-7-10(17(19,20)21)8-26-15(12)24-25-16(26)29-9-14(28)23-13-5-6-22-27(13)11-3-1-2-4-11/h5-8,11H,1-4,9H2,(H,23,28). The van der Waals surface area contributed by atoms with E-state index in [0.717, 1.165) is 54.1 Å². The fourth-order valence-electron chi connectivity index (χ4n) is 3.35. The van der Waals surface area contributed by atoms with E-state index in [1.54, 1.807) is 12.3 Å². The Morgan fingerprint density at radius 2 is 2.07 bits per heavy atom. The van der Waals surface area contributed by atoms with Gasteiger partial charge in [-0.3, -0.25) is 9.20 Å². The SMILES string of the molecule is O=C(CSc1nnc2c(Cl)cc(C(F)(F)F)cn12)Nc1ccnn1C1CCCC1. The first kappa shape index (κ1) is 20.0. The van der Waals surface area contributed by atoms with E-state index in [0.29, 0.717) is 5.82 Å². The first-order valence-corrected chi connectivity index (χ1v) is 10.3. The van der Waals surface area contributed by atoms with E-state index < -0.39 is 11.7 Å². The van der Waals surface area contributed by atoms with Gasteiger partial charge in [-0.25, -0.2) is 4.68 Å².